The maximum absolute atomic E-state index is 12.0. The largest absolute Gasteiger partial charge is 0.493 e. The topological polar surface area (TPSA) is 69.2 Å². The summed E-state index contributed by atoms with van der Waals surface area (Å²) in [5.74, 6) is 1.53. The van der Waals surface area contributed by atoms with Crippen molar-refractivity contribution in [3.05, 3.63) is 78.4 Å². The van der Waals surface area contributed by atoms with E-state index in [9.17, 15) is 4.79 Å². The summed E-state index contributed by atoms with van der Waals surface area (Å²) in [6.07, 6.45) is 1.53. The van der Waals surface area contributed by atoms with Gasteiger partial charge in [-0.25, -0.2) is 5.43 Å². The highest BCUT2D eigenvalue weighted by atomic mass is 16.5. The second kappa shape index (κ2) is 10.7. The number of benzene rings is 3. The molecule has 0 spiro atoms. The number of hydrogen-bond acceptors (Lipinski definition) is 5. The molecule has 0 unspecified atom stereocenters. The van der Waals surface area contributed by atoms with Crippen molar-refractivity contribution in [3.8, 4) is 28.4 Å². The van der Waals surface area contributed by atoms with Gasteiger partial charge in [0.25, 0.3) is 5.91 Å². The lowest BCUT2D eigenvalue weighted by Crippen LogP contribution is -2.24. The molecule has 6 heteroatoms. The highest BCUT2D eigenvalue weighted by Gasteiger charge is 2.05. The standard InChI is InChI=1S/C24H24N2O4/c1-3-29-22-14-9-18(15-23(22)28-2)16-25-26-24(27)17-30-21-12-10-20(11-13-21)19-7-5-4-6-8-19/h4-16H,3,17H2,1-2H3,(H,26,27)/b25-16+. The van der Waals surface area contributed by atoms with Gasteiger partial charge < -0.3 is 14.2 Å². The molecule has 0 bridgehead atoms. The summed E-state index contributed by atoms with van der Waals surface area (Å²) in [7, 11) is 1.57. The zero-order valence-corrected chi connectivity index (χ0v) is 17.0. The Morgan fingerprint density at radius 3 is 2.37 bits per heavy atom. The van der Waals surface area contributed by atoms with Gasteiger partial charge in [0.1, 0.15) is 5.75 Å². The predicted octanol–water partition coefficient (Wildman–Crippen LogP) is 4.29. The SMILES string of the molecule is CCOc1ccc(/C=N/NC(=O)COc2ccc(-c3ccccc3)cc2)cc1OC. The van der Waals surface area contributed by atoms with E-state index in [0.717, 1.165) is 16.7 Å². The number of nitrogens with one attached hydrogen (secondary N) is 1. The monoisotopic (exact) mass is 404 g/mol. The van der Waals surface area contributed by atoms with Gasteiger partial charge in [-0.2, -0.15) is 5.10 Å². The highest BCUT2D eigenvalue weighted by Crippen LogP contribution is 2.27. The molecular formula is C24H24N2O4. The third-order valence-corrected chi connectivity index (χ3v) is 4.22. The average molecular weight is 404 g/mol. The number of carbonyl (C=O) groups excluding carboxylic acids is 1. The molecule has 3 aromatic rings. The molecule has 0 saturated carbocycles. The first kappa shape index (κ1) is 20.9. The van der Waals surface area contributed by atoms with E-state index in [2.05, 4.69) is 10.5 Å². The third-order valence-electron chi connectivity index (χ3n) is 4.22. The van der Waals surface area contributed by atoms with Crippen LogP contribution in [-0.4, -0.2) is 32.4 Å². The maximum Gasteiger partial charge on any atom is 0.277 e. The van der Waals surface area contributed by atoms with Crippen LogP contribution in [0.25, 0.3) is 11.1 Å². The van der Waals surface area contributed by atoms with Gasteiger partial charge in [0.2, 0.25) is 0 Å². The molecular weight excluding hydrogens is 380 g/mol. The summed E-state index contributed by atoms with van der Waals surface area (Å²) in [6, 6.07) is 23.1. The number of nitrogens with zero attached hydrogens (tertiary/aromatic N) is 1. The molecule has 30 heavy (non-hydrogen) atoms. The van der Waals surface area contributed by atoms with Crippen LogP contribution in [0.5, 0.6) is 17.2 Å². The molecule has 0 atom stereocenters. The molecule has 1 amide bonds. The van der Waals surface area contributed by atoms with Crippen LogP contribution < -0.4 is 19.6 Å². The minimum Gasteiger partial charge on any atom is -0.493 e. The first-order chi connectivity index (χ1) is 14.7. The summed E-state index contributed by atoms with van der Waals surface area (Å²) in [4.78, 5) is 12.0. The molecule has 0 fully saturated rings. The second-order valence-corrected chi connectivity index (χ2v) is 6.32. The number of amides is 1. The van der Waals surface area contributed by atoms with Crippen LogP contribution in [0.2, 0.25) is 0 Å². The number of hydrogen-bond donors (Lipinski definition) is 1. The van der Waals surface area contributed by atoms with Crippen molar-refractivity contribution in [2.45, 2.75) is 6.92 Å². The van der Waals surface area contributed by atoms with E-state index < -0.39 is 0 Å². The molecule has 3 aromatic carbocycles. The van der Waals surface area contributed by atoms with Crippen LogP contribution >= 0.6 is 0 Å². The van der Waals surface area contributed by atoms with Crippen LogP contribution in [0.3, 0.4) is 0 Å². The van der Waals surface area contributed by atoms with Gasteiger partial charge >= 0.3 is 0 Å². The summed E-state index contributed by atoms with van der Waals surface area (Å²) in [6.45, 7) is 2.33. The Morgan fingerprint density at radius 1 is 0.933 bits per heavy atom. The molecule has 0 aromatic heterocycles. The Kier molecular flexibility index (Phi) is 7.44. The zero-order chi connectivity index (χ0) is 21.2. The Bertz CT molecular complexity index is 986. The van der Waals surface area contributed by atoms with Crippen LogP contribution in [0.15, 0.2) is 77.9 Å². The molecule has 3 rings (SSSR count). The molecule has 0 radical (unpaired) electrons. The first-order valence-electron chi connectivity index (χ1n) is 9.60. The number of methoxy groups -OCH3 is 1. The minimum absolute atomic E-state index is 0.130. The number of ether oxygens (including phenoxy) is 3. The van der Waals surface area contributed by atoms with Gasteiger partial charge in [-0.15, -0.1) is 0 Å². The van der Waals surface area contributed by atoms with Crippen LogP contribution in [0.4, 0.5) is 0 Å². The van der Waals surface area contributed by atoms with Crippen LogP contribution in [0, 0.1) is 0 Å². The molecule has 154 valence electrons. The second-order valence-electron chi connectivity index (χ2n) is 6.32. The van der Waals surface area contributed by atoms with Crippen molar-refractivity contribution in [3.63, 3.8) is 0 Å². The lowest BCUT2D eigenvalue weighted by atomic mass is 10.1. The minimum atomic E-state index is -0.351. The van der Waals surface area contributed by atoms with E-state index in [0.29, 0.717) is 23.9 Å². The van der Waals surface area contributed by atoms with Gasteiger partial charge in [-0.1, -0.05) is 42.5 Å². The smallest absolute Gasteiger partial charge is 0.277 e. The van der Waals surface area contributed by atoms with Crippen molar-refractivity contribution in [1.82, 2.24) is 5.43 Å². The van der Waals surface area contributed by atoms with Crippen molar-refractivity contribution in [2.24, 2.45) is 5.10 Å². The fourth-order valence-electron chi connectivity index (χ4n) is 2.77. The summed E-state index contributed by atoms with van der Waals surface area (Å²) >= 11 is 0. The van der Waals surface area contributed by atoms with Crippen LogP contribution in [-0.2, 0) is 4.79 Å². The highest BCUT2D eigenvalue weighted by molar-refractivity contribution is 5.83. The Hall–Kier alpha value is -3.80. The molecule has 0 aliphatic carbocycles. The number of rotatable bonds is 9. The predicted molar refractivity (Wildman–Crippen MR) is 117 cm³/mol. The van der Waals surface area contributed by atoms with E-state index in [1.807, 2.05) is 67.6 Å². The number of hydrazone groups is 1. The normalized spacial score (nSPS) is 10.6. The Balaban J connectivity index is 1.49. The Labute approximate surface area is 176 Å². The van der Waals surface area contributed by atoms with Crippen molar-refractivity contribution in [1.29, 1.82) is 0 Å². The van der Waals surface area contributed by atoms with E-state index in [1.165, 1.54) is 6.21 Å². The molecule has 0 heterocycles. The lowest BCUT2D eigenvalue weighted by molar-refractivity contribution is -0.123. The van der Waals surface area contributed by atoms with E-state index in [-0.39, 0.29) is 12.5 Å². The fourth-order valence-corrected chi connectivity index (χ4v) is 2.77. The summed E-state index contributed by atoms with van der Waals surface area (Å²) in [5.41, 5.74) is 5.43. The molecule has 0 aliphatic heterocycles. The van der Waals surface area contributed by atoms with Crippen LogP contribution in [0.1, 0.15) is 12.5 Å². The summed E-state index contributed by atoms with van der Waals surface area (Å²) < 4.78 is 16.3. The van der Waals surface area contributed by atoms with Gasteiger partial charge in [0.15, 0.2) is 18.1 Å². The molecule has 1 N–H and O–H groups in total. The van der Waals surface area contributed by atoms with Gasteiger partial charge in [0.05, 0.1) is 19.9 Å². The van der Waals surface area contributed by atoms with Gasteiger partial charge in [-0.05, 0) is 53.9 Å². The number of carbonyl (C=O) groups is 1. The zero-order valence-electron chi connectivity index (χ0n) is 17.0. The summed E-state index contributed by atoms with van der Waals surface area (Å²) in [5, 5.41) is 3.96. The molecule has 6 nitrogen and oxygen atoms in total. The van der Waals surface area contributed by atoms with Crippen molar-refractivity contribution >= 4 is 12.1 Å². The fraction of sp³-hybridized carbons (Fsp3) is 0.167. The molecule has 0 saturated heterocycles. The van der Waals surface area contributed by atoms with Crippen molar-refractivity contribution < 1.29 is 19.0 Å². The van der Waals surface area contributed by atoms with Gasteiger partial charge in [0, 0.05) is 0 Å². The average Bonchev–Trinajstić information content (AvgIpc) is 2.79. The van der Waals surface area contributed by atoms with E-state index in [4.69, 9.17) is 14.2 Å². The first-order valence-corrected chi connectivity index (χ1v) is 9.60. The van der Waals surface area contributed by atoms with Gasteiger partial charge in [-0.3, -0.25) is 4.79 Å². The van der Waals surface area contributed by atoms with Crippen molar-refractivity contribution in [2.75, 3.05) is 20.3 Å². The quantitative estimate of drug-likeness (QED) is 0.427. The molecule has 0 aliphatic rings. The Morgan fingerprint density at radius 2 is 1.67 bits per heavy atom. The lowest BCUT2D eigenvalue weighted by Gasteiger charge is -2.09. The third kappa shape index (κ3) is 5.85. The maximum atomic E-state index is 12.0. The van der Waals surface area contributed by atoms with E-state index in [1.54, 1.807) is 19.2 Å². The van der Waals surface area contributed by atoms with E-state index >= 15 is 0 Å².